The number of thiazole rings is 1. The first kappa shape index (κ1) is 13.0. The molecule has 20 heavy (non-hydrogen) atoms. The highest BCUT2D eigenvalue weighted by molar-refractivity contribution is 7.29. The molecule has 1 amide bonds. The highest BCUT2D eigenvalue weighted by Gasteiger charge is 2.13. The van der Waals surface area contributed by atoms with Crippen LogP contribution in [0.15, 0.2) is 36.4 Å². The lowest BCUT2D eigenvalue weighted by Gasteiger charge is -2.00. The van der Waals surface area contributed by atoms with E-state index in [9.17, 15) is 4.79 Å². The second kappa shape index (κ2) is 5.58. The number of fused-ring (bicyclic) bond motifs is 1. The number of carbonyl (C=O) groups excluding carboxylic acids is 1. The Balaban J connectivity index is 1.82. The number of hydrogen-bond donors (Lipinski definition) is 2. The van der Waals surface area contributed by atoms with Gasteiger partial charge in [0.2, 0.25) is 0 Å². The maximum atomic E-state index is 11.6. The van der Waals surface area contributed by atoms with Crippen molar-refractivity contribution in [3.63, 3.8) is 0 Å². The minimum Gasteiger partial charge on any atom is -0.332 e. The van der Waals surface area contributed by atoms with Gasteiger partial charge in [-0.15, -0.1) is 11.3 Å². The number of thiophene rings is 1. The predicted molar refractivity (Wildman–Crippen MR) is 81.7 cm³/mol. The van der Waals surface area contributed by atoms with Gasteiger partial charge in [0.1, 0.15) is 4.83 Å². The van der Waals surface area contributed by atoms with Crippen LogP contribution in [0.5, 0.6) is 0 Å². The van der Waals surface area contributed by atoms with Crippen molar-refractivity contribution in [3.8, 4) is 0 Å². The van der Waals surface area contributed by atoms with Gasteiger partial charge in [0.25, 0.3) is 5.91 Å². The van der Waals surface area contributed by atoms with Crippen LogP contribution in [0.2, 0.25) is 0 Å². The van der Waals surface area contributed by atoms with E-state index in [1.807, 2.05) is 36.4 Å². The first-order valence-electron chi connectivity index (χ1n) is 5.82. The molecule has 0 unspecified atom stereocenters. The fourth-order valence-electron chi connectivity index (χ4n) is 1.69. The number of hydrogen-bond acceptors (Lipinski definition) is 6. The maximum absolute atomic E-state index is 11.6. The quantitative estimate of drug-likeness (QED) is 0.725. The van der Waals surface area contributed by atoms with Gasteiger partial charge in [0.15, 0.2) is 5.13 Å². The summed E-state index contributed by atoms with van der Waals surface area (Å²) in [6.45, 7) is 0. The van der Waals surface area contributed by atoms with E-state index >= 15 is 0 Å². The Kier molecular flexibility index (Phi) is 3.64. The van der Waals surface area contributed by atoms with Crippen molar-refractivity contribution in [1.82, 2.24) is 10.5 Å². The lowest BCUT2D eigenvalue weighted by atomic mass is 10.3. The Morgan fingerprint density at radius 2 is 2.05 bits per heavy atom. The van der Waals surface area contributed by atoms with Gasteiger partial charge >= 0.3 is 0 Å². The smallest absolute Gasteiger partial charge is 0.285 e. The maximum Gasteiger partial charge on any atom is 0.285 e. The van der Waals surface area contributed by atoms with E-state index in [2.05, 4.69) is 20.6 Å². The molecule has 2 heterocycles. The van der Waals surface area contributed by atoms with Crippen LogP contribution < -0.4 is 10.8 Å². The normalized spacial score (nSPS) is 10.7. The zero-order valence-electron chi connectivity index (χ0n) is 10.5. The van der Waals surface area contributed by atoms with E-state index in [-0.39, 0.29) is 5.91 Å². The largest absolute Gasteiger partial charge is 0.332 e. The van der Waals surface area contributed by atoms with Gasteiger partial charge in [-0.25, -0.2) is 10.5 Å². The molecule has 0 radical (unpaired) electrons. The van der Waals surface area contributed by atoms with Crippen LogP contribution in [0.4, 0.5) is 10.8 Å². The topological polar surface area (TPSA) is 63.2 Å². The monoisotopic (exact) mass is 305 g/mol. The van der Waals surface area contributed by atoms with Crippen molar-refractivity contribution in [2.75, 3.05) is 12.4 Å². The molecule has 3 aromatic rings. The molecule has 102 valence electrons. The SMILES string of the molecule is CONC(=O)c1cc2sc(Nc3ccccc3)nc2s1. The lowest BCUT2D eigenvalue weighted by Crippen LogP contribution is -2.20. The van der Waals surface area contributed by atoms with Crippen LogP contribution in [-0.2, 0) is 4.84 Å². The van der Waals surface area contributed by atoms with E-state index in [1.54, 1.807) is 0 Å². The number of nitrogens with one attached hydrogen (secondary N) is 2. The molecular weight excluding hydrogens is 294 g/mol. The Hall–Kier alpha value is -1.96. The van der Waals surface area contributed by atoms with Crippen molar-refractivity contribution >= 4 is 48.9 Å². The van der Waals surface area contributed by atoms with Crippen molar-refractivity contribution < 1.29 is 9.63 Å². The summed E-state index contributed by atoms with van der Waals surface area (Å²) in [6, 6.07) is 11.7. The van der Waals surface area contributed by atoms with Gasteiger partial charge in [-0.3, -0.25) is 9.63 Å². The van der Waals surface area contributed by atoms with Gasteiger partial charge in [0.05, 0.1) is 16.7 Å². The van der Waals surface area contributed by atoms with Gasteiger partial charge in [-0.1, -0.05) is 29.5 Å². The summed E-state index contributed by atoms with van der Waals surface area (Å²) < 4.78 is 0.981. The molecule has 0 bridgehead atoms. The van der Waals surface area contributed by atoms with Gasteiger partial charge in [0, 0.05) is 5.69 Å². The first-order valence-corrected chi connectivity index (χ1v) is 7.45. The standard InChI is InChI=1S/C13H11N3O2S2/c1-18-16-11(17)9-7-10-12(19-9)15-13(20-10)14-8-5-3-2-4-6-8/h2-7H,1H3,(H,14,15)(H,16,17). The van der Waals surface area contributed by atoms with E-state index in [1.165, 1.54) is 29.8 Å². The van der Waals surface area contributed by atoms with Crippen LogP contribution in [0.1, 0.15) is 9.67 Å². The molecule has 0 atom stereocenters. The van der Waals surface area contributed by atoms with Crippen LogP contribution in [0.25, 0.3) is 9.53 Å². The molecule has 0 saturated heterocycles. The van der Waals surface area contributed by atoms with Gasteiger partial charge < -0.3 is 5.32 Å². The molecule has 1 aromatic carbocycles. The van der Waals surface area contributed by atoms with E-state index in [0.717, 1.165) is 20.3 Å². The molecule has 0 aliphatic heterocycles. The van der Waals surface area contributed by atoms with Crippen molar-refractivity contribution in [1.29, 1.82) is 0 Å². The Bertz CT molecular complexity index is 705. The van der Waals surface area contributed by atoms with E-state index in [4.69, 9.17) is 0 Å². The molecule has 0 saturated carbocycles. The predicted octanol–water partition coefficient (Wildman–Crippen LogP) is 3.39. The Morgan fingerprint density at radius 3 is 2.75 bits per heavy atom. The van der Waals surface area contributed by atoms with Gasteiger partial charge in [-0.05, 0) is 18.2 Å². The van der Waals surface area contributed by atoms with E-state index in [0.29, 0.717) is 4.88 Å². The minimum absolute atomic E-state index is 0.250. The summed E-state index contributed by atoms with van der Waals surface area (Å²) in [6.07, 6.45) is 0. The molecule has 2 aromatic heterocycles. The number of carbonyl (C=O) groups is 1. The van der Waals surface area contributed by atoms with Crippen molar-refractivity contribution in [3.05, 3.63) is 41.3 Å². The molecular formula is C13H11N3O2S2. The fourth-order valence-corrected chi connectivity index (χ4v) is 3.71. The fraction of sp³-hybridized carbons (Fsp3) is 0.0769. The number of hydroxylamine groups is 1. The third kappa shape index (κ3) is 2.64. The minimum atomic E-state index is -0.250. The van der Waals surface area contributed by atoms with Gasteiger partial charge in [-0.2, -0.15) is 0 Å². The number of nitrogens with zero attached hydrogens (tertiary/aromatic N) is 1. The van der Waals surface area contributed by atoms with Crippen molar-refractivity contribution in [2.24, 2.45) is 0 Å². The summed E-state index contributed by atoms with van der Waals surface area (Å²) in [5, 5.41) is 4.06. The Morgan fingerprint density at radius 1 is 1.25 bits per heavy atom. The molecule has 0 fully saturated rings. The highest BCUT2D eigenvalue weighted by Crippen LogP contribution is 2.34. The molecule has 0 aliphatic carbocycles. The summed E-state index contributed by atoms with van der Waals surface area (Å²) in [7, 11) is 1.41. The average Bonchev–Trinajstić information content (AvgIpc) is 2.98. The Labute approximate surface area is 123 Å². The van der Waals surface area contributed by atoms with Crippen LogP contribution in [0, 0.1) is 0 Å². The number of para-hydroxylation sites is 1. The zero-order valence-corrected chi connectivity index (χ0v) is 12.2. The molecule has 0 spiro atoms. The van der Waals surface area contributed by atoms with Crippen molar-refractivity contribution in [2.45, 2.75) is 0 Å². The average molecular weight is 305 g/mol. The zero-order chi connectivity index (χ0) is 13.9. The number of amides is 1. The third-order valence-electron chi connectivity index (χ3n) is 2.53. The number of anilines is 2. The highest BCUT2D eigenvalue weighted by atomic mass is 32.1. The molecule has 2 N–H and O–H groups in total. The summed E-state index contributed by atoms with van der Waals surface area (Å²) in [5.74, 6) is -0.250. The first-order chi connectivity index (χ1) is 9.76. The summed E-state index contributed by atoms with van der Waals surface area (Å²) in [4.78, 5) is 22.1. The van der Waals surface area contributed by atoms with E-state index < -0.39 is 0 Å². The second-order valence-corrected chi connectivity index (χ2v) is 5.99. The number of aromatic nitrogens is 1. The lowest BCUT2D eigenvalue weighted by molar-refractivity contribution is 0.0542. The molecule has 0 aliphatic rings. The summed E-state index contributed by atoms with van der Waals surface area (Å²) in [5.41, 5.74) is 3.29. The number of benzene rings is 1. The molecule has 3 rings (SSSR count). The van der Waals surface area contributed by atoms with Crippen LogP contribution in [-0.4, -0.2) is 18.0 Å². The molecule has 5 nitrogen and oxygen atoms in total. The number of rotatable bonds is 4. The van der Waals surface area contributed by atoms with Crippen LogP contribution in [0.3, 0.4) is 0 Å². The molecule has 7 heteroatoms. The van der Waals surface area contributed by atoms with Crippen LogP contribution >= 0.6 is 22.7 Å². The third-order valence-corrected chi connectivity index (χ3v) is 4.61. The summed E-state index contributed by atoms with van der Waals surface area (Å²) >= 11 is 2.86. The second-order valence-electron chi connectivity index (χ2n) is 3.93.